The molecule has 0 spiro atoms. The maximum Gasteiger partial charge on any atom is 0.146 e. The second-order valence-corrected chi connectivity index (χ2v) is 11.1. The quantitative estimate of drug-likeness (QED) is 0.202. The number of aromatic nitrogens is 5. The normalized spacial score (nSPS) is 12.2. The molecular formula is C38H23N5. The fraction of sp³-hybridized carbons (Fsp3) is 0. The van der Waals surface area contributed by atoms with Crippen LogP contribution in [0.4, 0.5) is 0 Å². The number of hydrogen-bond acceptors (Lipinski definition) is 2. The van der Waals surface area contributed by atoms with Crippen LogP contribution in [-0.2, 0) is 0 Å². The minimum absolute atomic E-state index is 0.920. The minimum Gasteiger partial charge on any atom is -0.309 e. The fourth-order valence-corrected chi connectivity index (χ4v) is 7.21. The Balaban J connectivity index is 1.51. The van der Waals surface area contributed by atoms with E-state index in [9.17, 15) is 0 Å². The van der Waals surface area contributed by atoms with Crippen molar-refractivity contribution in [3.8, 4) is 11.4 Å². The highest BCUT2D eigenvalue weighted by atomic mass is 15.0. The first-order chi connectivity index (χ1) is 21.4. The standard InChI is InChI=1S/C38H23N5/c1-3-9-24(10-4-1)42-33-16-15-28-27-13-7-8-14-32(27)43(25-11-5-2-6-12-25)37(28)36(33)30-21-29-26-17-18-39-23-31(26)38-40-19-20-41(38)34(29)22-35(30)42/h1-23H. The van der Waals surface area contributed by atoms with Crippen molar-refractivity contribution in [2.75, 3.05) is 0 Å². The van der Waals surface area contributed by atoms with Crippen LogP contribution in [-0.4, -0.2) is 23.5 Å². The molecule has 10 aromatic rings. The maximum atomic E-state index is 4.72. The number of imidazole rings is 1. The summed E-state index contributed by atoms with van der Waals surface area (Å²) in [6.07, 6.45) is 7.74. The Morgan fingerprint density at radius 1 is 0.465 bits per heavy atom. The van der Waals surface area contributed by atoms with Gasteiger partial charge in [0.05, 0.1) is 27.6 Å². The molecule has 0 amide bonds. The van der Waals surface area contributed by atoms with Gasteiger partial charge in [0.1, 0.15) is 5.65 Å². The lowest BCUT2D eigenvalue weighted by Gasteiger charge is -2.11. The zero-order valence-electron chi connectivity index (χ0n) is 23.0. The molecule has 5 nitrogen and oxygen atoms in total. The lowest BCUT2D eigenvalue weighted by Crippen LogP contribution is -1.95. The van der Waals surface area contributed by atoms with E-state index in [1.807, 2.05) is 18.6 Å². The summed E-state index contributed by atoms with van der Waals surface area (Å²) in [6, 6.07) is 41.6. The van der Waals surface area contributed by atoms with Crippen LogP contribution in [0.2, 0.25) is 0 Å². The van der Waals surface area contributed by atoms with Gasteiger partial charge in [0.15, 0.2) is 0 Å². The summed E-state index contributed by atoms with van der Waals surface area (Å²) >= 11 is 0. The second-order valence-electron chi connectivity index (χ2n) is 11.1. The van der Waals surface area contributed by atoms with Gasteiger partial charge in [-0.15, -0.1) is 0 Å². The number of rotatable bonds is 2. The van der Waals surface area contributed by atoms with Crippen molar-refractivity contribution in [2.45, 2.75) is 0 Å². The molecular weight excluding hydrogens is 526 g/mol. The first-order valence-corrected chi connectivity index (χ1v) is 14.5. The average Bonchev–Trinajstić information content (AvgIpc) is 3.78. The first kappa shape index (κ1) is 22.7. The third kappa shape index (κ3) is 2.95. The molecule has 0 N–H and O–H groups in total. The smallest absolute Gasteiger partial charge is 0.146 e. The minimum atomic E-state index is 0.920. The first-order valence-electron chi connectivity index (χ1n) is 14.5. The monoisotopic (exact) mass is 549 g/mol. The predicted molar refractivity (Wildman–Crippen MR) is 177 cm³/mol. The molecule has 0 atom stereocenters. The zero-order chi connectivity index (χ0) is 28.1. The molecule has 0 unspecified atom stereocenters. The van der Waals surface area contributed by atoms with Gasteiger partial charge in [-0.2, -0.15) is 0 Å². The van der Waals surface area contributed by atoms with Crippen molar-refractivity contribution in [1.29, 1.82) is 0 Å². The Hall–Kier alpha value is -5.94. The summed E-state index contributed by atoms with van der Waals surface area (Å²) in [6.45, 7) is 0. The van der Waals surface area contributed by atoms with Crippen LogP contribution in [0.15, 0.2) is 140 Å². The summed E-state index contributed by atoms with van der Waals surface area (Å²) in [4.78, 5) is 9.18. The van der Waals surface area contributed by atoms with E-state index < -0.39 is 0 Å². The SMILES string of the molecule is c1ccc(-n2c3cc4c(cc3c3c2ccc2c5ccccc5n(-c5ccccc5)c23)c2ccncc2c2nccn42)cc1. The summed E-state index contributed by atoms with van der Waals surface area (Å²) in [5.41, 5.74) is 9.09. The van der Waals surface area contributed by atoms with E-state index >= 15 is 0 Å². The lowest BCUT2D eigenvalue weighted by molar-refractivity contribution is 1.17. The summed E-state index contributed by atoms with van der Waals surface area (Å²) < 4.78 is 7.05. The zero-order valence-corrected chi connectivity index (χ0v) is 23.0. The molecule has 43 heavy (non-hydrogen) atoms. The van der Waals surface area contributed by atoms with Crippen LogP contribution < -0.4 is 0 Å². The van der Waals surface area contributed by atoms with Crippen LogP contribution in [0.1, 0.15) is 0 Å². The van der Waals surface area contributed by atoms with Crippen LogP contribution >= 0.6 is 0 Å². The molecule has 5 heteroatoms. The Bertz CT molecular complexity index is 2710. The molecule has 0 bridgehead atoms. The summed E-state index contributed by atoms with van der Waals surface area (Å²) in [5, 5.41) is 8.35. The molecule has 5 heterocycles. The molecule has 5 aromatic carbocycles. The highest BCUT2D eigenvalue weighted by Gasteiger charge is 2.22. The van der Waals surface area contributed by atoms with Crippen molar-refractivity contribution < 1.29 is 0 Å². The van der Waals surface area contributed by atoms with Crippen molar-refractivity contribution in [3.05, 3.63) is 140 Å². The third-order valence-electron chi connectivity index (χ3n) is 8.96. The van der Waals surface area contributed by atoms with Crippen molar-refractivity contribution in [3.63, 3.8) is 0 Å². The molecule has 0 saturated carbocycles. The largest absolute Gasteiger partial charge is 0.309 e. The third-order valence-corrected chi connectivity index (χ3v) is 8.96. The molecule has 0 aliphatic rings. The Morgan fingerprint density at radius 2 is 1.23 bits per heavy atom. The van der Waals surface area contributed by atoms with Crippen molar-refractivity contribution >= 4 is 70.9 Å². The van der Waals surface area contributed by atoms with Gasteiger partial charge in [0, 0.05) is 68.5 Å². The van der Waals surface area contributed by atoms with Gasteiger partial charge in [0.25, 0.3) is 0 Å². The van der Waals surface area contributed by atoms with Crippen molar-refractivity contribution in [1.82, 2.24) is 23.5 Å². The van der Waals surface area contributed by atoms with E-state index in [2.05, 4.69) is 140 Å². The summed E-state index contributed by atoms with van der Waals surface area (Å²) in [5.74, 6) is 0. The number of para-hydroxylation sites is 3. The molecule has 10 rings (SSSR count). The number of benzene rings is 5. The van der Waals surface area contributed by atoms with E-state index in [0.717, 1.165) is 38.8 Å². The molecule has 0 saturated heterocycles. The van der Waals surface area contributed by atoms with Gasteiger partial charge < -0.3 is 9.13 Å². The maximum absolute atomic E-state index is 4.72. The van der Waals surface area contributed by atoms with E-state index in [4.69, 9.17) is 4.98 Å². The number of fused-ring (bicyclic) bond motifs is 13. The van der Waals surface area contributed by atoms with E-state index in [1.165, 1.54) is 43.5 Å². The predicted octanol–water partition coefficient (Wildman–Crippen LogP) is 9.23. The Labute approximate surface area is 245 Å². The van der Waals surface area contributed by atoms with Gasteiger partial charge in [-0.1, -0.05) is 60.7 Å². The molecule has 5 aromatic heterocycles. The van der Waals surface area contributed by atoms with Crippen LogP contribution in [0, 0.1) is 0 Å². The number of pyridine rings is 2. The van der Waals surface area contributed by atoms with E-state index in [1.54, 1.807) is 0 Å². The Kier molecular flexibility index (Phi) is 4.39. The molecule has 200 valence electrons. The van der Waals surface area contributed by atoms with Gasteiger partial charge in [-0.05, 0) is 60.0 Å². The second kappa shape index (κ2) is 8.30. The highest BCUT2D eigenvalue weighted by Crippen LogP contribution is 2.43. The van der Waals surface area contributed by atoms with Crippen LogP contribution in [0.3, 0.4) is 0 Å². The van der Waals surface area contributed by atoms with Gasteiger partial charge in [-0.25, -0.2) is 4.98 Å². The van der Waals surface area contributed by atoms with Gasteiger partial charge >= 0.3 is 0 Å². The molecule has 0 fully saturated rings. The number of nitrogens with zero attached hydrogens (tertiary/aromatic N) is 5. The number of hydrogen-bond donors (Lipinski definition) is 0. The Morgan fingerprint density at radius 3 is 2.07 bits per heavy atom. The van der Waals surface area contributed by atoms with E-state index in [0.29, 0.717) is 0 Å². The molecule has 0 aliphatic carbocycles. The molecule has 0 radical (unpaired) electrons. The van der Waals surface area contributed by atoms with Crippen LogP contribution in [0.25, 0.3) is 82.3 Å². The topological polar surface area (TPSA) is 40.0 Å². The highest BCUT2D eigenvalue weighted by molar-refractivity contribution is 6.28. The molecule has 0 aliphatic heterocycles. The van der Waals surface area contributed by atoms with Gasteiger partial charge in [0.2, 0.25) is 0 Å². The van der Waals surface area contributed by atoms with Crippen molar-refractivity contribution in [2.24, 2.45) is 0 Å². The fourth-order valence-electron chi connectivity index (χ4n) is 7.21. The summed E-state index contributed by atoms with van der Waals surface area (Å²) in [7, 11) is 0. The lowest BCUT2D eigenvalue weighted by atomic mass is 10.0. The van der Waals surface area contributed by atoms with Gasteiger partial charge in [-0.3, -0.25) is 9.38 Å². The van der Waals surface area contributed by atoms with E-state index in [-0.39, 0.29) is 0 Å². The van der Waals surface area contributed by atoms with Crippen LogP contribution in [0.5, 0.6) is 0 Å². The average molecular weight is 550 g/mol.